The highest BCUT2D eigenvalue weighted by atomic mass is 32.2. The molecule has 5 rings (SSSR count). The van der Waals surface area contributed by atoms with Crippen molar-refractivity contribution in [3.8, 4) is 22.7 Å². The number of methoxy groups -OCH3 is 1. The van der Waals surface area contributed by atoms with Crippen molar-refractivity contribution < 1.29 is 13.2 Å². The van der Waals surface area contributed by atoms with Crippen LogP contribution in [0, 0.1) is 0 Å². The van der Waals surface area contributed by atoms with Crippen LogP contribution in [0.3, 0.4) is 0 Å². The molecule has 172 valence electrons. The average molecular weight is 473 g/mol. The van der Waals surface area contributed by atoms with Gasteiger partial charge in [-0.15, -0.1) is 0 Å². The van der Waals surface area contributed by atoms with Crippen molar-refractivity contribution in [2.75, 3.05) is 13.4 Å². The summed E-state index contributed by atoms with van der Waals surface area (Å²) in [5.41, 5.74) is 4.69. The Morgan fingerprint density at radius 3 is 2.24 bits per heavy atom. The fourth-order valence-corrected chi connectivity index (χ4v) is 5.12. The third-order valence-corrected chi connectivity index (χ3v) is 6.82. The standard InChI is InChI=1S/C26H24N4O3S/c1-33-25-16-10-9-15-21(25)26-22(18-29(28-26)20-13-7-4-8-14-20)24-17-23(19-11-5-3-6-12-19)27-30(24)34(2,31)32/h3-16,18,24H,17H2,1-2H3/t24-/m0/s1. The summed E-state index contributed by atoms with van der Waals surface area (Å²) >= 11 is 0. The molecule has 0 saturated carbocycles. The Morgan fingerprint density at radius 2 is 1.56 bits per heavy atom. The third kappa shape index (κ3) is 4.08. The number of benzene rings is 3. The predicted molar refractivity (Wildman–Crippen MR) is 133 cm³/mol. The highest BCUT2D eigenvalue weighted by Crippen LogP contribution is 2.41. The van der Waals surface area contributed by atoms with E-state index in [1.165, 1.54) is 10.7 Å². The van der Waals surface area contributed by atoms with Gasteiger partial charge in [-0.3, -0.25) is 0 Å². The molecule has 34 heavy (non-hydrogen) atoms. The second-order valence-electron chi connectivity index (χ2n) is 8.08. The lowest BCUT2D eigenvalue weighted by atomic mass is 9.97. The number of hydrogen-bond acceptors (Lipinski definition) is 5. The maximum Gasteiger partial charge on any atom is 0.247 e. The van der Waals surface area contributed by atoms with E-state index >= 15 is 0 Å². The molecule has 0 unspecified atom stereocenters. The molecule has 0 fully saturated rings. The van der Waals surface area contributed by atoms with E-state index < -0.39 is 16.1 Å². The van der Waals surface area contributed by atoms with Gasteiger partial charge in [0.05, 0.1) is 30.8 Å². The van der Waals surface area contributed by atoms with Crippen molar-refractivity contribution in [3.05, 3.63) is 102 Å². The number of sulfonamides is 1. The number of aromatic nitrogens is 2. The lowest BCUT2D eigenvalue weighted by Crippen LogP contribution is -2.26. The summed E-state index contributed by atoms with van der Waals surface area (Å²) in [5.74, 6) is 0.662. The number of hydrogen-bond donors (Lipinski definition) is 0. The van der Waals surface area contributed by atoms with Crippen LogP contribution in [0.15, 0.2) is 96.2 Å². The van der Waals surface area contributed by atoms with E-state index in [1.807, 2.05) is 91.1 Å². The monoisotopic (exact) mass is 472 g/mol. The van der Waals surface area contributed by atoms with Gasteiger partial charge >= 0.3 is 0 Å². The van der Waals surface area contributed by atoms with Gasteiger partial charge in [0.1, 0.15) is 11.4 Å². The smallest absolute Gasteiger partial charge is 0.247 e. The molecule has 8 heteroatoms. The minimum atomic E-state index is -3.63. The molecule has 0 amide bonds. The van der Waals surface area contributed by atoms with E-state index in [-0.39, 0.29) is 0 Å². The first-order valence-electron chi connectivity index (χ1n) is 10.9. The van der Waals surface area contributed by atoms with E-state index in [1.54, 1.807) is 11.8 Å². The van der Waals surface area contributed by atoms with Gasteiger partial charge < -0.3 is 4.74 Å². The van der Waals surface area contributed by atoms with Gasteiger partial charge in [0, 0.05) is 23.7 Å². The molecule has 0 bridgehead atoms. The van der Waals surface area contributed by atoms with Gasteiger partial charge in [-0.1, -0.05) is 60.7 Å². The SMILES string of the molecule is COc1ccccc1-c1nn(-c2ccccc2)cc1[C@@H]1CC(c2ccccc2)=NN1S(C)(=O)=O. The fourth-order valence-electron chi connectivity index (χ4n) is 4.22. The van der Waals surface area contributed by atoms with Crippen molar-refractivity contribution in [2.24, 2.45) is 5.10 Å². The zero-order valence-electron chi connectivity index (χ0n) is 18.9. The molecule has 1 atom stereocenters. The molecular formula is C26H24N4O3S. The van der Waals surface area contributed by atoms with Crippen molar-refractivity contribution in [3.63, 3.8) is 0 Å². The average Bonchev–Trinajstić information content (AvgIpc) is 3.50. The summed E-state index contributed by atoms with van der Waals surface area (Å²) in [5, 5.41) is 9.42. The van der Waals surface area contributed by atoms with E-state index in [2.05, 4.69) is 5.10 Å². The van der Waals surface area contributed by atoms with Crippen LogP contribution in [0.5, 0.6) is 5.75 Å². The molecule has 3 aromatic carbocycles. The summed E-state index contributed by atoms with van der Waals surface area (Å²) in [4.78, 5) is 0. The quantitative estimate of drug-likeness (QED) is 0.409. The van der Waals surface area contributed by atoms with Gasteiger partial charge in [0.15, 0.2) is 0 Å². The lowest BCUT2D eigenvalue weighted by Gasteiger charge is -2.21. The zero-order chi connectivity index (χ0) is 23.7. The third-order valence-electron chi connectivity index (χ3n) is 5.80. The highest BCUT2D eigenvalue weighted by Gasteiger charge is 2.37. The van der Waals surface area contributed by atoms with Crippen molar-refractivity contribution in [2.45, 2.75) is 12.5 Å². The zero-order valence-corrected chi connectivity index (χ0v) is 19.7. The summed E-state index contributed by atoms with van der Waals surface area (Å²) in [7, 11) is -2.02. The molecule has 1 aliphatic heterocycles. The maximum absolute atomic E-state index is 12.8. The van der Waals surface area contributed by atoms with Crippen LogP contribution in [-0.4, -0.2) is 41.7 Å². The van der Waals surface area contributed by atoms with Crippen LogP contribution in [-0.2, 0) is 10.0 Å². The number of nitrogens with zero attached hydrogens (tertiary/aromatic N) is 4. The maximum atomic E-state index is 12.8. The second kappa shape index (κ2) is 8.79. The Morgan fingerprint density at radius 1 is 0.912 bits per heavy atom. The van der Waals surface area contributed by atoms with E-state index in [4.69, 9.17) is 9.84 Å². The minimum absolute atomic E-state index is 0.430. The molecule has 2 heterocycles. The van der Waals surface area contributed by atoms with Gasteiger partial charge in [0.2, 0.25) is 10.0 Å². The Labute approximate surface area is 199 Å². The number of hydrazone groups is 1. The molecule has 0 saturated heterocycles. The van der Waals surface area contributed by atoms with Crippen LogP contribution < -0.4 is 4.74 Å². The molecule has 0 aliphatic carbocycles. The van der Waals surface area contributed by atoms with Crippen LogP contribution >= 0.6 is 0 Å². The van der Waals surface area contributed by atoms with Gasteiger partial charge in [0.25, 0.3) is 0 Å². The molecular weight excluding hydrogens is 448 g/mol. The van der Waals surface area contributed by atoms with E-state index in [9.17, 15) is 8.42 Å². The van der Waals surface area contributed by atoms with Gasteiger partial charge in [-0.2, -0.15) is 14.6 Å². The first kappa shape index (κ1) is 21.9. The van der Waals surface area contributed by atoms with Gasteiger partial charge in [-0.05, 0) is 29.8 Å². The molecule has 0 radical (unpaired) electrons. The van der Waals surface area contributed by atoms with E-state index in [0.717, 1.165) is 28.1 Å². The number of para-hydroxylation sites is 2. The van der Waals surface area contributed by atoms with Crippen LogP contribution in [0.1, 0.15) is 23.6 Å². The summed E-state index contributed by atoms with van der Waals surface area (Å²) in [6.45, 7) is 0. The second-order valence-corrected chi connectivity index (χ2v) is 9.92. The Hall–Kier alpha value is -3.91. The molecule has 1 aromatic heterocycles. The molecule has 0 N–H and O–H groups in total. The van der Waals surface area contributed by atoms with Crippen molar-refractivity contribution in [1.82, 2.24) is 14.2 Å². The van der Waals surface area contributed by atoms with Crippen molar-refractivity contribution in [1.29, 1.82) is 0 Å². The predicted octanol–water partition coefficient (Wildman–Crippen LogP) is 4.66. The number of rotatable bonds is 6. The van der Waals surface area contributed by atoms with Crippen LogP contribution in [0.4, 0.5) is 0 Å². The normalized spacial score (nSPS) is 15.9. The molecule has 7 nitrogen and oxygen atoms in total. The largest absolute Gasteiger partial charge is 0.496 e. The highest BCUT2D eigenvalue weighted by molar-refractivity contribution is 7.88. The first-order valence-corrected chi connectivity index (χ1v) is 12.7. The molecule has 1 aliphatic rings. The Bertz CT molecular complexity index is 1450. The van der Waals surface area contributed by atoms with Crippen LogP contribution in [0.25, 0.3) is 16.9 Å². The number of ether oxygens (including phenoxy) is 1. The first-order chi connectivity index (χ1) is 16.5. The van der Waals surface area contributed by atoms with Gasteiger partial charge in [-0.25, -0.2) is 13.1 Å². The summed E-state index contributed by atoms with van der Waals surface area (Å²) in [6.07, 6.45) is 3.50. The molecule has 0 spiro atoms. The minimum Gasteiger partial charge on any atom is -0.496 e. The Balaban J connectivity index is 1.68. The van der Waals surface area contributed by atoms with Crippen molar-refractivity contribution >= 4 is 15.7 Å². The fraction of sp³-hybridized carbons (Fsp3) is 0.154. The van der Waals surface area contributed by atoms with E-state index in [0.29, 0.717) is 17.9 Å². The lowest BCUT2D eigenvalue weighted by molar-refractivity contribution is 0.375. The van der Waals surface area contributed by atoms with Crippen LogP contribution in [0.2, 0.25) is 0 Å². The Kier molecular flexibility index (Phi) is 5.67. The topological polar surface area (TPSA) is 76.8 Å². The summed E-state index contributed by atoms with van der Waals surface area (Å²) < 4.78 is 34.2. The summed E-state index contributed by atoms with van der Waals surface area (Å²) in [6, 6.07) is 26.4. The molecule has 4 aromatic rings.